The first-order chi connectivity index (χ1) is 17.1. The van der Waals surface area contributed by atoms with Gasteiger partial charge in [0.05, 0.1) is 31.2 Å². The van der Waals surface area contributed by atoms with Gasteiger partial charge >= 0.3 is 6.03 Å². The number of hydrogen-bond donors (Lipinski definition) is 2. The minimum Gasteiger partial charge on any atom is -0.418 e. The molecule has 12 heteroatoms. The number of amides is 3. The van der Waals surface area contributed by atoms with Crippen LogP contribution in [0.15, 0.2) is 34.7 Å². The molecule has 196 valence electrons. The van der Waals surface area contributed by atoms with Crippen LogP contribution >= 0.6 is 0 Å². The van der Waals surface area contributed by atoms with Gasteiger partial charge < -0.3 is 25.1 Å². The van der Waals surface area contributed by atoms with Crippen molar-refractivity contribution >= 4 is 17.7 Å². The van der Waals surface area contributed by atoms with Gasteiger partial charge in [-0.3, -0.25) is 9.59 Å². The van der Waals surface area contributed by atoms with Crippen LogP contribution in [0.25, 0.3) is 0 Å². The Hall–Kier alpha value is -3.41. The molecular weight excluding hydrogens is 476 g/mol. The molecule has 36 heavy (non-hydrogen) atoms. The number of aromatic nitrogens is 2. The smallest absolute Gasteiger partial charge is 0.315 e. The first kappa shape index (κ1) is 27.2. The summed E-state index contributed by atoms with van der Waals surface area (Å²) in [6, 6.07) is 5.22. The number of halogens is 2. The number of aryl methyl sites for hydroxylation is 1. The summed E-state index contributed by atoms with van der Waals surface area (Å²) in [6.45, 7) is 3.51. The lowest BCUT2D eigenvalue weighted by molar-refractivity contribution is -0.135. The lowest BCUT2D eigenvalue weighted by Crippen LogP contribution is -2.58. The van der Waals surface area contributed by atoms with Crippen molar-refractivity contribution in [2.75, 3.05) is 19.8 Å². The van der Waals surface area contributed by atoms with E-state index in [0.29, 0.717) is 12.0 Å². The number of nitrogens with one attached hydrogen (secondary N) is 1. The van der Waals surface area contributed by atoms with Gasteiger partial charge in [0, 0.05) is 25.8 Å². The third-order valence-electron chi connectivity index (χ3n) is 6.10. The van der Waals surface area contributed by atoms with Crippen molar-refractivity contribution < 1.29 is 32.3 Å². The summed E-state index contributed by atoms with van der Waals surface area (Å²) in [7, 11) is 0. The minimum atomic E-state index is -3.29. The summed E-state index contributed by atoms with van der Waals surface area (Å²) < 4.78 is 41.2. The Balaban J connectivity index is 1.84. The number of rotatable bonds is 11. The number of nitrogens with zero attached hydrogens (tertiary/aromatic N) is 3. The number of ether oxygens (including phenoxy) is 1. The number of carbonyl (C=O) groups excluding carboxylic acids is 3. The van der Waals surface area contributed by atoms with Crippen LogP contribution in [0.1, 0.15) is 48.8 Å². The molecule has 0 bridgehead atoms. The fourth-order valence-electron chi connectivity index (χ4n) is 4.20. The van der Waals surface area contributed by atoms with E-state index < -0.39 is 54.5 Å². The Morgan fingerprint density at radius 3 is 2.56 bits per heavy atom. The predicted octanol–water partition coefficient (Wildman–Crippen LogP) is 2.37. The van der Waals surface area contributed by atoms with E-state index in [1.54, 1.807) is 44.2 Å². The van der Waals surface area contributed by atoms with E-state index in [9.17, 15) is 14.4 Å². The summed E-state index contributed by atoms with van der Waals surface area (Å²) in [5.74, 6) is -6.15. The van der Waals surface area contributed by atoms with Gasteiger partial charge in [-0.25, -0.2) is 13.6 Å². The number of alkyl halides is 2. The summed E-state index contributed by atoms with van der Waals surface area (Å²) in [6.07, 6.45) is -0.898. The molecule has 3 atom stereocenters. The average Bonchev–Trinajstić information content (AvgIpc) is 3.35. The van der Waals surface area contributed by atoms with Crippen LogP contribution in [-0.4, -0.2) is 70.6 Å². The van der Waals surface area contributed by atoms with Crippen LogP contribution < -0.4 is 11.1 Å². The highest BCUT2D eigenvalue weighted by Crippen LogP contribution is 2.32. The molecule has 2 heterocycles. The maximum absolute atomic E-state index is 15.2. The standard InChI is InChI=1S/C24H31F2N5O5/c1-3-17(20(32)22-30-29-19(4-2)36-22)28-21(33)16(18-14-35-11-10-31(18)23(27)34)13-24(25,26)12-15-8-6-5-7-9-15/h5-9,16-18H,3-4,10-14H2,1-2H3,(H2,27,34)(H,28,33)/t16-,17?,18?/m0/s1. The van der Waals surface area contributed by atoms with Crippen molar-refractivity contribution in [2.24, 2.45) is 11.7 Å². The van der Waals surface area contributed by atoms with Gasteiger partial charge in [0.25, 0.3) is 11.8 Å². The molecule has 3 N–H and O–H groups in total. The second kappa shape index (κ2) is 12.0. The molecule has 1 aliphatic rings. The molecule has 3 amide bonds. The van der Waals surface area contributed by atoms with Gasteiger partial charge in [-0.15, -0.1) is 10.2 Å². The van der Waals surface area contributed by atoms with Gasteiger partial charge in [0.15, 0.2) is 0 Å². The third-order valence-corrected chi connectivity index (χ3v) is 6.10. The number of hydrogen-bond acceptors (Lipinski definition) is 7. The first-order valence-corrected chi connectivity index (χ1v) is 11.9. The fraction of sp³-hybridized carbons (Fsp3) is 0.542. The van der Waals surface area contributed by atoms with Crippen LogP contribution in [-0.2, 0) is 22.4 Å². The lowest BCUT2D eigenvalue weighted by atomic mass is 9.88. The monoisotopic (exact) mass is 507 g/mol. The van der Waals surface area contributed by atoms with E-state index in [-0.39, 0.29) is 38.0 Å². The second-order valence-electron chi connectivity index (χ2n) is 8.69. The number of carbonyl (C=O) groups is 3. The molecule has 0 spiro atoms. The Labute approximate surface area is 207 Å². The van der Waals surface area contributed by atoms with E-state index in [0.717, 1.165) is 0 Å². The number of urea groups is 1. The maximum atomic E-state index is 15.2. The van der Waals surface area contributed by atoms with E-state index in [4.69, 9.17) is 14.9 Å². The predicted molar refractivity (Wildman–Crippen MR) is 124 cm³/mol. The van der Waals surface area contributed by atoms with Crippen LogP contribution in [0.2, 0.25) is 0 Å². The van der Waals surface area contributed by atoms with Crippen molar-refractivity contribution in [1.29, 1.82) is 0 Å². The van der Waals surface area contributed by atoms with Crippen LogP contribution in [0.3, 0.4) is 0 Å². The zero-order valence-corrected chi connectivity index (χ0v) is 20.3. The Morgan fingerprint density at radius 1 is 1.22 bits per heavy atom. The Kier molecular flexibility index (Phi) is 9.08. The van der Waals surface area contributed by atoms with Crippen LogP contribution in [0, 0.1) is 5.92 Å². The third kappa shape index (κ3) is 6.84. The van der Waals surface area contributed by atoms with Crippen molar-refractivity contribution in [3.05, 3.63) is 47.7 Å². The molecule has 3 rings (SSSR count). The summed E-state index contributed by atoms with van der Waals surface area (Å²) in [5.41, 5.74) is 5.88. The average molecular weight is 508 g/mol. The molecule has 1 fully saturated rings. The largest absolute Gasteiger partial charge is 0.418 e. The lowest BCUT2D eigenvalue weighted by Gasteiger charge is -2.39. The molecule has 1 aromatic heterocycles. The molecular formula is C24H31F2N5O5. The molecule has 0 radical (unpaired) electrons. The van der Waals surface area contributed by atoms with Gasteiger partial charge in [0.2, 0.25) is 17.6 Å². The molecule has 0 aliphatic carbocycles. The Bertz CT molecular complexity index is 1050. The van der Waals surface area contributed by atoms with Crippen molar-refractivity contribution in [2.45, 2.75) is 57.5 Å². The summed E-state index contributed by atoms with van der Waals surface area (Å²) >= 11 is 0. The SMILES string of the molecule is CCc1nnc(C(=O)C(CC)NC(=O)[C@@H](CC(F)(F)Cc2ccccc2)C2COCCN2C(N)=O)o1. The summed E-state index contributed by atoms with van der Waals surface area (Å²) in [5, 5.41) is 10.0. The van der Waals surface area contributed by atoms with Crippen molar-refractivity contribution in [3.8, 4) is 0 Å². The van der Waals surface area contributed by atoms with Gasteiger partial charge in [-0.2, -0.15) is 0 Å². The maximum Gasteiger partial charge on any atom is 0.315 e. The number of Topliss-reactive ketones (excluding diaryl/α,β-unsaturated/α-hetero) is 1. The van der Waals surface area contributed by atoms with Gasteiger partial charge in [0.1, 0.15) is 0 Å². The molecule has 2 aromatic rings. The quantitative estimate of drug-likeness (QED) is 0.445. The second-order valence-corrected chi connectivity index (χ2v) is 8.69. The zero-order valence-electron chi connectivity index (χ0n) is 20.3. The van der Waals surface area contributed by atoms with E-state index in [1.807, 2.05) is 0 Å². The first-order valence-electron chi connectivity index (χ1n) is 11.9. The number of nitrogens with two attached hydrogens (primary N) is 1. The summed E-state index contributed by atoms with van der Waals surface area (Å²) in [4.78, 5) is 39.5. The van der Waals surface area contributed by atoms with Gasteiger partial charge in [-0.05, 0) is 12.0 Å². The molecule has 10 nitrogen and oxygen atoms in total. The molecule has 1 aliphatic heterocycles. The van der Waals surface area contributed by atoms with E-state index in [1.165, 1.54) is 4.90 Å². The van der Waals surface area contributed by atoms with Crippen molar-refractivity contribution in [1.82, 2.24) is 20.4 Å². The zero-order chi connectivity index (χ0) is 26.3. The number of ketones is 1. The van der Waals surface area contributed by atoms with E-state index in [2.05, 4.69) is 15.5 Å². The van der Waals surface area contributed by atoms with Crippen LogP contribution in [0.4, 0.5) is 13.6 Å². The minimum absolute atomic E-state index is 0.0615. The normalized spacial score (nSPS) is 17.9. The highest BCUT2D eigenvalue weighted by Gasteiger charge is 2.44. The highest BCUT2D eigenvalue weighted by molar-refractivity contribution is 5.98. The Morgan fingerprint density at radius 2 is 1.94 bits per heavy atom. The molecule has 1 saturated heterocycles. The highest BCUT2D eigenvalue weighted by atomic mass is 19.3. The number of primary amides is 1. The molecule has 0 saturated carbocycles. The topological polar surface area (TPSA) is 141 Å². The molecule has 2 unspecified atom stereocenters. The number of morpholine rings is 1. The number of benzene rings is 1. The van der Waals surface area contributed by atoms with Crippen molar-refractivity contribution in [3.63, 3.8) is 0 Å². The van der Waals surface area contributed by atoms with E-state index >= 15 is 8.78 Å². The van der Waals surface area contributed by atoms with Crippen LogP contribution in [0.5, 0.6) is 0 Å². The fourth-order valence-corrected chi connectivity index (χ4v) is 4.20. The van der Waals surface area contributed by atoms with Gasteiger partial charge in [-0.1, -0.05) is 44.2 Å². The molecule has 1 aromatic carbocycles.